The minimum absolute atomic E-state index is 0.00692. The first-order chi connectivity index (χ1) is 7.74. The zero-order chi connectivity index (χ0) is 13.2. The lowest BCUT2D eigenvalue weighted by molar-refractivity contribution is 0.0282. The molecule has 1 rings (SSSR count). The zero-order valence-corrected chi connectivity index (χ0v) is 11.6. The maximum atomic E-state index is 11.9. The van der Waals surface area contributed by atoms with Crippen molar-refractivity contribution in [3.8, 4) is 0 Å². The van der Waals surface area contributed by atoms with Crippen molar-refractivity contribution in [1.82, 2.24) is 9.80 Å². The van der Waals surface area contributed by atoms with Crippen molar-refractivity contribution in [2.75, 3.05) is 26.7 Å². The van der Waals surface area contributed by atoms with Gasteiger partial charge in [0.1, 0.15) is 5.60 Å². The number of likely N-dealkylation sites (tertiary alicyclic amines) is 1. The van der Waals surface area contributed by atoms with Crippen LogP contribution in [0.5, 0.6) is 0 Å². The molecule has 0 aromatic heterocycles. The Labute approximate surface area is 104 Å². The van der Waals surface area contributed by atoms with Crippen LogP contribution in [0.15, 0.2) is 0 Å². The summed E-state index contributed by atoms with van der Waals surface area (Å²) < 4.78 is 5.34. The molecule has 1 amide bonds. The number of hydrogen-bond acceptors (Lipinski definition) is 4. The highest BCUT2D eigenvalue weighted by molar-refractivity contribution is 5.68. The number of hydrogen-bond donors (Lipinski definition) is 1. The van der Waals surface area contributed by atoms with Gasteiger partial charge in [-0.3, -0.25) is 0 Å². The fraction of sp³-hybridized carbons (Fsp3) is 0.917. The molecule has 1 heterocycles. The first-order valence-electron chi connectivity index (χ1n) is 6.18. The third-order valence-electron chi connectivity index (χ3n) is 3.05. The Hall–Kier alpha value is -0.810. The van der Waals surface area contributed by atoms with Crippen LogP contribution >= 0.6 is 0 Å². The highest BCUT2D eigenvalue weighted by atomic mass is 16.6. The molecule has 5 heteroatoms. The van der Waals surface area contributed by atoms with Gasteiger partial charge < -0.3 is 20.3 Å². The standard InChI is InChI=1S/C12H25N3O2/c1-6-14(5)10-8-15(7-9(10)13)11(16)17-12(2,3)4/h9-10H,6-8,13H2,1-5H3. The summed E-state index contributed by atoms with van der Waals surface area (Å²) in [4.78, 5) is 15.8. The van der Waals surface area contributed by atoms with E-state index in [0.717, 1.165) is 6.54 Å². The number of nitrogens with zero attached hydrogens (tertiary/aromatic N) is 2. The van der Waals surface area contributed by atoms with Gasteiger partial charge in [-0.05, 0) is 34.4 Å². The van der Waals surface area contributed by atoms with Crippen LogP contribution in [0.25, 0.3) is 0 Å². The zero-order valence-electron chi connectivity index (χ0n) is 11.6. The van der Waals surface area contributed by atoms with E-state index in [1.54, 1.807) is 4.90 Å². The van der Waals surface area contributed by atoms with Crippen LogP contribution in [-0.2, 0) is 4.74 Å². The van der Waals surface area contributed by atoms with E-state index >= 15 is 0 Å². The average Bonchev–Trinajstić information content (AvgIpc) is 2.57. The molecule has 0 aliphatic carbocycles. The monoisotopic (exact) mass is 243 g/mol. The Balaban J connectivity index is 2.57. The van der Waals surface area contributed by atoms with Crippen molar-refractivity contribution in [2.45, 2.75) is 45.4 Å². The van der Waals surface area contributed by atoms with Crippen LogP contribution in [-0.4, -0.2) is 60.3 Å². The Kier molecular flexibility index (Phi) is 4.38. The Morgan fingerprint density at radius 2 is 2.06 bits per heavy atom. The van der Waals surface area contributed by atoms with E-state index < -0.39 is 5.60 Å². The molecule has 1 aliphatic rings. The van der Waals surface area contributed by atoms with Gasteiger partial charge in [0.15, 0.2) is 0 Å². The number of carbonyl (C=O) groups excluding carboxylic acids is 1. The van der Waals surface area contributed by atoms with E-state index in [-0.39, 0.29) is 18.2 Å². The molecular formula is C12H25N3O2. The topological polar surface area (TPSA) is 58.8 Å². The van der Waals surface area contributed by atoms with Crippen molar-refractivity contribution < 1.29 is 9.53 Å². The molecule has 2 atom stereocenters. The van der Waals surface area contributed by atoms with Crippen molar-refractivity contribution in [3.05, 3.63) is 0 Å². The molecule has 100 valence electrons. The highest BCUT2D eigenvalue weighted by Gasteiger charge is 2.36. The highest BCUT2D eigenvalue weighted by Crippen LogP contribution is 2.17. The minimum atomic E-state index is -0.448. The number of rotatable bonds is 2. The summed E-state index contributed by atoms with van der Waals surface area (Å²) in [5, 5.41) is 0. The minimum Gasteiger partial charge on any atom is -0.444 e. The second kappa shape index (κ2) is 5.23. The first-order valence-corrected chi connectivity index (χ1v) is 6.18. The van der Waals surface area contributed by atoms with Gasteiger partial charge in [-0.1, -0.05) is 6.92 Å². The fourth-order valence-electron chi connectivity index (χ4n) is 1.99. The predicted molar refractivity (Wildman–Crippen MR) is 67.9 cm³/mol. The lowest BCUT2D eigenvalue weighted by Crippen LogP contribution is -2.44. The van der Waals surface area contributed by atoms with Gasteiger partial charge in [-0.25, -0.2) is 4.79 Å². The fourth-order valence-corrected chi connectivity index (χ4v) is 1.99. The van der Waals surface area contributed by atoms with Gasteiger partial charge in [-0.2, -0.15) is 0 Å². The first kappa shape index (κ1) is 14.3. The number of likely N-dealkylation sites (N-methyl/N-ethyl adjacent to an activating group) is 1. The average molecular weight is 243 g/mol. The molecule has 2 N–H and O–H groups in total. The summed E-state index contributed by atoms with van der Waals surface area (Å²) in [7, 11) is 2.03. The van der Waals surface area contributed by atoms with Gasteiger partial charge in [0.25, 0.3) is 0 Å². The summed E-state index contributed by atoms with van der Waals surface area (Å²) >= 11 is 0. The molecular weight excluding hydrogens is 218 g/mol. The third kappa shape index (κ3) is 3.85. The second-order valence-corrected chi connectivity index (χ2v) is 5.69. The molecule has 0 saturated carbocycles. The van der Waals surface area contributed by atoms with Crippen LogP contribution < -0.4 is 5.73 Å². The largest absolute Gasteiger partial charge is 0.444 e. The lowest BCUT2D eigenvalue weighted by Gasteiger charge is -2.26. The summed E-state index contributed by atoms with van der Waals surface area (Å²) in [5.41, 5.74) is 5.61. The maximum absolute atomic E-state index is 11.9. The number of nitrogens with two attached hydrogens (primary N) is 1. The Bertz CT molecular complexity index is 275. The molecule has 5 nitrogen and oxygen atoms in total. The van der Waals surface area contributed by atoms with Crippen molar-refractivity contribution in [3.63, 3.8) is 0 Å². The van der Waals surface area contributed by atoms with Crippen LogP contribution in [0, 0.1) is 0 Å². The molecule has 0 aromatic rings. The van der Waals surface area contributed by atoms with E-state index in [1.807, 2.05) is 27.8 Å². The molecule has 1 saturated heterocycles. The molecule has 2 unspecified atom stereocenters. The Morgan fingerprint density at radius 1 is 1.47 bits per heavy atom. The van der Waals surface area contributed by atoms with Gasteiger partial charge in [0, 0.05) is 25.2 Å². The van der Waals surface area contributed by atoms with E-state index in [4.69, 9.17) is 10.5 Å². The quantitative estimate of drug-likeness (QED) is 0.782. The molecule has 1 fully saturated rings. The molecule has 0 aromatic carbocycles. The Morgan fingerprint density at radius 3 is 2.53 bits per heavy atom. The lowest BCUT2D eigenvalue weighted by atomic mass is 10.1. The van der Waals surface area contributed by atoms with E-state index in [0.29, 0.717) is 13.1 Å². The van der Waals surface area contributed by atoms with Gasteiger partial charge in [0.2, 0.25) is 0 Å². The predicted octanol–water partition coefficient (Wildman–Crippen LogP) is 0.885. The summed E-state index contributed by atoms with van der Waals surface area (Å²) in [5.74, 6) is 0. The van der Waals surface area contributed by atoms with Crippen LogP contribution in [0.1, 0.15) is 27.7 Å². The molecule has 0 bridgehead atoms. The van der Waals surface area contributed by atoms with Gasteiger partial charge >= 0.3 is 6.09 Å². The summed E-state index contributed by atoms with van der Waals surface area (Å²) in [6.45, 7) is 9.86. The summed E-state index contributed by atoms with van der Waals surface area (Å²) in [6.07, 6.45) is -0.264. The van der Waals surface area contributed by atoms with Crippen LogP contribution in [0.3, 0.4) is 0 Å². The molecule has 0 spiro atoms. The van der Waals surface area contributed by atoms with Crippen LogP contribution in [0.4, 0.5) is 4.79 Å². The molecule has 0 radical (unpaired) electrons. The number of ether oxygens (including phenoxy) is 1. The normalized spacial score (nSPS) is 25.5. The van der Waals surface area contributed by atoms with Gasteiger partial charge in [0.05, 0.1) is 0 Å². The van der Waals surface area contributed by atoms with E-state index in [9.17, 15) is 4.79 Å². The van der Waals surface area contributed by atoms with Crippen molar-refractivity contribution >= 4 is 6.09 Å². The maximum Gasteiger partial charge on any atom is 0.410 e. The van der Waals surface area contributed by atoms with Crippen molar-refractivity contribution in [2.24, 2.45) is 5.73 Å². The third-order valence-corrected chi connectivity index (χ3v) is 3.05. The molecule has 17 heavy (non-hydrogen) atoms. The van der Waals surface area contributed by atoms with Crippen LogP contribution in [0.2, 0.25) is 0 Å². The number of carbonyl (C=O) groups is 1. The second-order valence-electron chi connectivity index (χ2n) is 5.69. The SMILES string of the molecule is CCN(C)C1CN(C(=O)OC(C)(C)C)CC1N. The molecule has 1 aliphatic heterocycles. The number of amides is 1. The van der Waals surface area contributed by atoms with Gasteiger partial charge in [-0.15, -0.1) is 0 Å². The smallest absolute Gasteiger partial charge is 0.410 e. The van der Waals surface area contributed by atoms with E-state index in [1.165, 1.54) is 0 Å². The van der Waals surface area contributed by atoms with Crippen molar-refractivity contribution in [1.29, 1.82) is 0 Å². The summed E-state index contributed by atoms with van der Waals surface area (Å²) in [6, 6.07) is 0.236. The van der Waals surface area contributed by atoms with E-state index in [2.05, 4.69) is 11.8 Å².